The molecular formula is C18H21F4N9O2. The number of halogens is 4. The van der Waals surface area contributed by atoms with E-state index < -0.39 is 23.8 Å². The number of alkyl halides is 4. The maximum atomic E-state index is 14.3. The van der Waals surface area contributed by atoms with Crippen LogP contribution in [0.5, 0.6) is 0 Å². The lowest BCUT2D eigenvalue weighted by molar-refractivity contribution is -0.137. The Labute approximate surface area is 185 Å². The van der Waals surface area contributed by atoms with Crippen LogP contribution in [0.3, 0.4) is 0 Å². The zero-order chi connectivity index (χ0) is 24.0. The molecule has 2 aromatic rings. The molecule has 11 nitrogen and oxygen atoms in total. The number of nitrogens with one attached hydrogen (secondary N) is 4. The second kappa shape index (κ2) is 10.2. The molecule has 1 unspecified atom stereocenters. The Morgan fingerprint density at radius 1 is 1.27 bits per heavy atom. The van der Waals surface area contributed by atoms with Crippen molar-refractivity contribution in [1.82, 2.24) is 46.6 Å². The number of hydrazine groups is 2. The van der Waals surface area contributed by atoms with Crippen LogP contribution in [-0.2, 0) is 24.1 Å². The van der Waals surface area contributed by atoms with Crippen molar-refractivity contribution >= 4 is 11.8 Å². The molecule has 33 heavy (non-hydrogen) atoms. The SMILES string of the molecule is CNC(=O)C1=CN(CCC(F)Cn2cc(C(=O)NCc3cc(C(F)(F)F)ccn3)nn2)NN1. The summed E-state index contributed by atoms with van der Waals surface area (Å²) in [5.74, 6) is -1.01. The van der Waals surface area contributed by atoms with E-state index in [1.807, 2.05) is 0 Å². The predicted octanol–water partition coefficient (Wildman–Crippen LogP) is 0.262. The summed E-state index contributed by atoms with van der Waals surface area (Å²) in [4.78, 5) is 27.5. The summed E-state index contributed by atoms with van der Waals surface area (Å²) in [5.41, 5.74) is 4.69. The van der Waals surface area contributed by atoms with Crippen LogP contribution in [0.4, 0.5) is 17.6 Å². The quantitative estimate of drug-likeness (QED) is 0.384. The minimum atomic E-state index is -4.52. The van der Waals surface area contributed by atoms with Gasteiger partial charge in [-0.1, -0.05) is 5.21 Å². The summed E-state index contributed by atoms with van der Waals surface area (Å²) in [7, 11) is 1.49. The Bertz CT molecular complexity index is 1020. The molecular weight excluding hydrogens is 450 g/mol. The van der Waals surface area contributed by atoms with Crippen LogP contribution in [-0.4, -0.2) is 56.6 Å². The Morgan fingerprint density at radius 2 is 2.06 bits per heavy atom. The molecule has 0 saturated heterocycles. The molecule has 4 N–H and O–H groups in total. The third kappa shape index (κ3) is 6.61. The number of hydrogen-bond donors (Lipinski definition) is 4. The van der Waals surface area contributed by atoms with Gasteiger partial charge in [0.1, 0.15) is 11.9 Å². The molecule has 0 radical (unpaired) electrons. The van der Waals surface area contributed by atoms with Gasteiger partial charge in [0.25, 0.3) is 11.8 Å². The molecule has 0 fully saturated rings. The van der Waals surface area contributed by atoms with Gasteiger partial charge in [-0.05, 0) is 18.6 Å². The van der Waals surface area contributed by atoms with E-state index in [1.165, 1.54) is 24.5 Å². The summed E-state index contributed by atoms with van der Waals surface area (Å²) in [6.45, 7) is -0.160. The largest absolute Gasteiger partial charge is 0.416 e. The molecule has 0 saturated carbocycles. The molecule has 1 aliphatic rings. The van der Waals surface area contributed by atoms with Crippen LogP contribution in [0.2, 0.25) is 0 Å². The van der Waals surface area contributed by atoms with Gasteiger partial charge in [-0.2, -0.15) is 13.2 Å². The fourth-order valence-corrected chi connectivity index (χ4v) is 2.80. The van der Waals surface area contributed by atoms with Crippen molar-refractivity contribution in [3.63, 3.8) is 0 Å². The van der Waals surface area contributed by atoms with Gasteiger partial charge in [-0.15, -0.1) is 10.6 Å². The Balaban J connectivity index is 1.46. The van der Waals surface area contributed by atoms with E-state index >= 15 is 0 Å². The predicted molar refractivity (Wildman–Crippen MR) is 105 cm³/mol. The summed E-state index contributed by atoms with van der Waals surface area (Å²) in [6, 6.07) is 1.67. The number of pyridine rings is 1. The van der Waals surface area contributed by atoms with Gasteiger partial charge in [-0.25, -0.2) is 9.07 Å². The fraction of sp³-hybridized carbons (Fsp3) is 0.389. The van der Waals surface area contributed by atoms with Crippen molar-refractivity contribution in [2.24, 2.45) is 0 Å². The molecule has 1 atom stereocenters. The van der Waals surface area contributed by atoms with E-state index in [4.69, 9.17) is 0 Å². The standard InChI is InChI=1S/C18H21F4N9O2/c1-23-16(32)14-9-30(28-26-14)5-3-12(19)8-31-10-15(27-29-31)17(33)25-7-13-6-11(2-4-24-13)18(20,21)22/h2,4,6,9-10,12,26,28H,3,5,7-8H2,1H3,(H,23,32)(H,25,33). The minimum absolute atomic E-state index is 0.0213. The first-order chi connectivity index (χ1) is 15.7. The van der Waals surface area contributed by atoms with Gasteiger partial charge in [0.05, 0.1) is 30.5 Å². The third-order valence-corrected chi connectivity index (χ3v) is 4.50. The highest BCUT2D eigenvalue weighted by Gasteiger charge is 2.30. The molecule has 2 amide bonds. The molecule has 15 heteroatoms. The van der Waals surface area contributed by atoms with Crippen molar-refractivity contribution in [2.75, 3.05) is 13.6 Å². The maximum Gasteiger partial charge on any atom is 0.416 e. The molecule has 1 aliphatic heterocycles. The van der Waals surface area contributed by atoms with Gasteiger partial charge in [0.15, 0.2) is 5.69 Å². The van der Waals surface area contributed by atoms with Gasteiger partial charge in [-0.3, -0.25) is 25.0 Å². The summed E-state index contributed by atoms with van der Waals surface area (Å²) in [5, 5.41) is 13.7. The Morgan fingerprint density at radius 3 is 2.79 bits per heavy atom. The molecule has 3 heterocycles. The van der Waals surface area contributed by atoms with Crippen LogP contribution in [0.25, 0.3) is 0 Å². The number of aromatic nitrogens is 4. The van der Waals surface area contributed by atoms with Gasteiger partial charge >= 0.3 is 6.18 Å². The second-order valence-corrected chi connectivity index (χ2v) is 6.98. The Kier molecular flexibility index (Phi) is 7.42. The van der Waals surface area contributed by atoms with Gasteiger partial charge < -0.3 is 10.6 Å². The van der Waals surface area contributed by atoms with Crippen LogP contribution < -0.4 is 21.6 Å². The minimum Gasteiger partial charge on any atom is -0.354 e. The second-order valence-electron chi connectivity index (χ2n) is 6.98. The van der Waals surface area contributed by atoms with Crippen LogP contribution in [0, 0.1) is 0 Å². The summed E-state index contributed by atoms with van der Waals surface area (Å²) < 4.78 is 53.7. The van der Waals surface area contributed by atoms with E-state index in [9.17, 15) is 27.2 Å². The lowest BCUT2D eigenvalue weighted by Gasteiger charge is -2.16. The van der Waals surface area contributed by atoms with Crippen molar-refractivity contribution in [1.29, 1.82) is 0 Å². The Hall–Kier alpha value is -3.75. The third-order valence-electron chi connectivity index (χ3n) is 4.50. The zero-order valence-electron chi connectivity index (χ0n) is 17.4. The molecule has 0 aromatic carbocycles. The molecule has 3 rings (SSSR count). The van der Waals surface area contributed by atoms with E-state index in [0.29, 0.717) is 5.70 Å². The lowest BCUT2D eigenvalue weighted by atomic mass is 10.2. The molecule has 0 aliphatic carbocycles. The normalized spacial score (nSPS) is 14.5. The number of nitrogens with zero attached hydrogens (tertiary/aromatic N) is 5. The van der Waals surface area contributed by atoms with Crippen molar-refractivity contribution in [3.05, 3.63) is 53.4 Å². The molecule has 2 aromatic heterocycles. The average molecular weight is 471 g/mol. The summed E-state index contributed by atoms with van der Waals surface area (Å²) >= 11 is 0. The summed E-state index contributed by atoms with van der Waals surface area (Å²) in [6.07, 6.45) is -2.00. The fourth-order valence-electron chi connectivity index (χ4n) is 2.80. The molecule has 0 spiro atoms. The zero-order valence-corrected chi connectivity index (χ0v) is 17.4. The van der Waals surface area contributed by atoms with Crippen molar-refractivity contribution in [3.8, 4) is 0 Å². The molecule has 0 bridgehead atoms. The number of hydrogen-bond acceptors (Lipinski definition) is 8. The maximum absolute atomic E-state index is 14.3. The number of likely N-dealkylation sites (N-methyl/N-ethyl adjacent to an activating group) is 1. The average Bonchev–Trinajstić information content (AvgIpc) is 3.45. The smallest absolute Gasteiger partial charge is 0.354 e. The number of amides is 2. The van der Waals surface area contributed by atoms with Crippen molar-refractivity contribution < 1.29 is 27.2 Å². The highest BCUT2D eigenvalue weighted by atomic mass is 19.4. The monoisotopic (exact) mass is 471 g/mol. The number of carbonyl (C=O) groups excluding carboxylic acids is 2. The topological polar surface area (TPSA) is 129 Å². The first kappa shape index (κ1) is 23.9. The lowest BCUT2D eigenvalue weighted by Crippen LogP contribution is -2.39. The van der Waals surface area contributed by atoms with Crippen molar-refractivity contribution in [2.45, 2.75) is 31.9 Å². The van der Waals surface area contributed by atoms with E-state index in [2.05, 4.69) is 36.9 Å². The van der Waals surface area contributed by atoms with Crippen LogP contribution in [0.1, 0.15) is 28.2 Å². The highest BCUT2D eigenvalue weighted by Crippen LogP contribution is 2.28. The number of rotatable bonds is 9. The molecule has 178 valence electrons. The van der Waals surface area contributed by atoms with E-state index in [0.717, 1.165) is 23.0 Å². The van der Waals surface area contributed by atoms with Gasteiger partial charge in [0, 0.05) is 26.0 Å². The number of carbonyl (C=O) groups is 2. The van der Waals surface area contributed by atoms with Crippen LogP contribution in [0.15, 0.2) is 36.4 Å². The van der Waals surface area contributed by atoms with E-state index in [-0.39, 0.29) is 43.4 Å². The first-order valence-electron chi connectivity index (χ1n) is 9.72. The first-order valence-corrected chi connectivity index (χ1v) is 9.72. The van der Waals surface area contributed by atoms with E-state index in [1.54, 1.807) is 0 Å². The highest BCUT2D eigenvalue weighted by molar-refractivity contribution is 5.92. The van der Waals surface area contributed by atoms with Gasteiger partial charge in [0.2, 0.25) is 0 Å². The van der Waals surface area contributed by atoms with Crippen LogP contribution >= 0.6 is 0 Å².